The number of ether oxygens (including phenoxy) is 1. The van der Waals surface area contributed by atoms with Crippen LogP contribution in [-0.2, 0) is 16.6 Å². The Balaban J connectivity index is 2.05. The lowest BCUT2D eigenvalue weighted by atomic mass is 10.2. The molecule has 1 aliphatic rings. The molecule has 2 N–H and O–H groups in total. The van der Waals surface area contributed by atoms with E-state index in [0.29, 0.717) is 11.4 Å². The van der Waals surface area contributed by atoms with E-state index in [-0.39, 0.29) is 11.9 Å². The first-order valence-corrected chi connectivity index (χ1v) is 5.90. The van der Waals surface area contributed by atoms with E-state index in [9.17, 15) is 9.59 Å². The summed E-state index contributed by atoms with van der Waals surface area (Å²) in [6, 6.07) is 1.48. The number of esters is 1. The molecule has 1 atom stereocenters. The second-order valence-electron chi connectivity index (χ2n) is 4.35. The highest BCUT2D eigenvalue weighted by atomic mass is 16.5. The van der Waals surface area contributed by atoms with Gasteiger partial charge < -0.3 is 19.9 Å². The van der Waals surface area contributed by atoms with Crippen LogP contribution in [0.1, 0.15) is 23.3 Å². The molecule has 1 unspecified atom stereocenters. The zero-order valence-corrected chi connectivity index (χ0v) is 10.5. The van der Waals surface area contributed by atoms with Gasteiger partial charge in [0.1, 0.15) is 5.69 Å². The van der Waals surface area contributed by atoms with Gasteiger partial charge in [0.25, 0.3) is 0 Å². The molecule has 0 radical (unpaired) electrons. The van der Waals surface area contributed by atoms with Gasteiger partial charge in [-0.1, -0.05) is 0 Å². The monoisotopic (exact) mass is 251 g/mol. The third-order valence-corrected chi connectivity index (χ3v) is 3.04. The highest BCUT2D eigenvalue weighted by molar-refractivity contribution is 5.96. The van der Waals surface area contributed by atoms with Crippen molar-refractivity contribution in [1.82, 2.24) is 9.88 Å². The summed E-state index contributed by atoms with van der Waals surface area (Å²) in [5, 5.41) is 5.92. The number of rotatable bonds is 3. The van der Waals surface area contributed by atoms with Gasteiger partial charge in [-0.25, -0.2) is 4.79 Å². The van der Waals surface area contributed by atoms with Gasteiger partial charge in [-0.15, -0.1) is 0 Å². The SMILES string of the molecule is COC(=O)c1cc(NC(=O)C2CCCN2)cn1C. The maximum absolute atomic E-state index is 11.9. The van der Waals surface area contributed by atoms with Crippen LogP contribution in [0.3, 0.4) is 0 Å². The molecule has 6 heteroatoms. The molecule has 0 spiro atoms. The van der Waals surface area contributed by atoms with Crippen molar-refractivity contribution in [3.63, 3.8) is 0 Å². The Morgan fingerprint density at radius 2 is 2.33 bits per heavy atom. The summed E-state index contributed by atoms with van der Waals surface area (Å²) in [7, 11) is 3.06. The molecule has 6 nitrogen and oxygen atoms in total. The van der Waals surface area contributed by atoms with Crippen LogP contribution < -0.4 is 10.6 Å². The van der Waals surface area contributed by atoms with Gasteiger partial charge in [-0.2, -0.15) is 0 Å². The second kappa shape index (κ2) is 5.22. The summed E-state index contributed by atoms with van der Waals surface area (Å²) in [5.74, 6) is -0.480. The lowest BCUT2D eigenvalue weighted by Crippen LogP contribution is -2.35. The molecule has 0 saturated carbocycles. The van der Waals surface area contributed by atoms with Crippen molar-refractivity contribution in [2.45, 2.75) is 18.9 Å². The van der Waals surface area contributed by atoms with Crippen molar-refractivity contribution in [3.8, 4) is 0 Å². The largest absolute Gasteiger partial charge is 0.464 e. The van der Waals surface area contributed by atoms with Crippen molar-refractivity contribution in [1.29, 1.82) is 0 Å². The van der Waals surface area contributed by atoms with Crippen molar-refractivity contribution < 1.29 is 14.3 Å². The van der Waals surface area contributed by atoms with Crippen molar-refractivity contribution >= 4 is 17.6 Å². The fraction of sp³-hybridized carbons (Fsp3) is 0.500. The molecule has 1 aliphatic heterocycles. The molecular weight excluding hydrogens is 234 g/mol. The van der Waals surface area contributed by atoms with Crippen LogP contribution in [-0.4, -0.2) is 36.1 Å². The lowest BCUT2D eigenvalue weighted by molar-refractivity contribution is -0.117. The predicted molar refractivity (Wildman–Crippen MR) is 66.4 cm³/mol. The highest BCUT2D eigenvalue weighted by Crippen LogP contribution is 2.15. The Morgan fingerprint density at radius 1 is 1.56 bits per heavy atom. The van der Waals surface area contributed by atoms with Crippen LogP contribution >= 0.6 is 0 Å². The Kier molecular flexibility index (Phi) is 3.66. The zero-order valence-electron chi connectivity index (χ0n) is 10.5. The number of hydrogen-bond acceptors (Lipinski definition) is 4. The molecule has 1 saturated heterocycles. The first kappa shape index (κ1) is 12.6. The number of methoxy groups -OCH3 is 1. The van der Waals surface area contributed by atoms with Crippen LogP contribution in [0.25, 0.3) is 0 Å². The molecule has 0 bridgehead atoms. The second-order valence-corrected chi connectivity index (χ2v) is 4.35. The average molecular weight is 251 g/mol. The standard InChI is InChI=1S/C12H17N3O3/c1-15-7-8(6-10(15)12(17)18-2)14-11(16)9-4-3-5-13-9/h6-7,9,13H,3-5H2,1-2H3,(H,14,16). The topological polar surface area (TPSA) is 72.4 Å². The summed E-state index contributed by atoms with van der Waals surface area (Å²) in [6.45, 7) is 0.875. The van der Waals surface area contributed by atoms with Crippen LogP contribution in [0.4, 0.5) is 5.69 Å². The third-order valence-electron chi connectivity index (χ3n) is 3.04. The summed E-state index contributed by atoms with van der Waals surface area (Å²) in [6.07, 6.45) is 3.56. The van der Waals surface area contributed by atoms with Gasteiger partial charge in [-0.05, 0) is 25.5 Å². The Bertz CT molecular complexity index is 461. The fourth-order valence-electron chi connectivity index (χ4n) is 2.08. The van der Waals surface area contributed by atoms with Crippen LogP contribution in [0, 0.1) is 0 Å². The molecule has 0 aromatic carbocycles. The predicted octanol–water partition coefficient (Wildman–Crippen LogP) is 0.502. The minimum absolute atomic E-state index is 0.0606. The van der Waals surface area contributed by atoms with Gasteiger partial charge in [0.05, 0.1) is 18.8 Å². The van der Waals surface area contributed by atoms with Gasteiger partial charge in [0.2, 0.25) is 5.91 Å². The minimum atomic E-state index is -0.419. The fourth-order valence-corrected chi connectivity index (χ4v) is 2.08. The van der Waals surface area contributed by atoms with Gasteiger partial charge in [-0.3, -0.25) is 4.79 Å². The minimum Gasteiger partial charge on any atom is -0.464 e. The molecule has 2 heterocycles. The first-order chi connectivity index (χ1) is 8.61. The Morgan fingerprint density at radius 3 is 2.94 bits per heavy atom. The van der Waals surface area contributed by atoms with Gasteiger partial charge in [0.15, 0.2) is 0 Å². The number of nitrogens with zero attached hydrogens (tertiary/aromatic N) is 1. The molecule has 0 aliphatic carbocycles. The summed E-state index contributed by atoms with van der Waals surface area (Å²) < 4.78 is 6.28. The van der Waals surface area contributed by atoms with Crippen molar-refractivity contribution in [2.75, 3.05) is 19.0 Å². The summed E-state index contributed by atoms with van der Waals surface area (Å²) in [4.78, 5) is 23.3. The quantitative estimate of drug-likeness (QED) is 0.767. The van der Waals surface area contributed by atoms with E-state index >= 15 is 0 Å². The van der Waals surface area contributed by atoms with E-state index in [1.807, 2.05) is 0 Å². The summed E-state index contributed by atoms with van der Waals surface area (Å²) in [5.41, 5.74) is 1.02. The highest BCUT2D eigenvalue weighted by Gasteiger charge is 2.22. The van der Waals surface area contributed by atoms with E-state index in [1.165, 1.54) is 7.11 Å². The van der Waals surface area contributed by atoms with Gasteiger partial charge >= 0.3 is 5.97 Å². The molecule has 18 heavy (non-hydrogen) atoms. The Hall–Kier alpha value is -1.82. The molecule has 1 aromatic heterocycles. The number of carbonyl (C=O) groups is 2. The third kappa shape index (κ3) is 2.53. The average Bonchev–Trinajstić information content (AvgIpc) is 2.97. The summed E-state index contributed by atoms with van der Waals surface area (Å²) >= 11 is 0. The number of nitrogens with one attached hydrogen (secondary N) is 2. The number of anilines is 1. The number of carbonyl (C=O) groups excluding carboxylic acids is 2. The number of aryl methyl sites for hydroxylation is 1. The number of hydrogen-bond donors (Lipinski definition) is 2. The van der Waals surface area contributed by atoms with Crippen molar-refractivity contribution in [3.05, 3.63) is 18.0 Å². The van der Waals surface area contributed by atoms with Crippen LogP contribution in [0.15, 0.2) is 12.3 Å². The van der Waals surface area contributed by atoms with E-state index in [4.69, 9.17) is 0 Å². The molecule has 1 aromatic rings. The normalized spacial score (nSPS) is 18.7. The van der Waals surface area contributed by atoms with Gasteiger partial charge in [0, 0.05) is 13.2 Å². The lowest BCUT2D eigenvalue weighted by Gasteiger charge is -2.09. The molecule has 1 amide bonds. The van der Waals surface area contributed by atoms with E-state index < -0.39 is 5.97 Å². The molecule has 2 rings (SSSR count). The van der Waals surface area contributed by atoms with Crippen LogP contribution in [0.2, 0.25) is 0 Å². The zero-order chi connectivity index (χ0) is 13.1. The van der Waals surface area contributed by atoms with E-state index in [2.05, 4.69) is 15.4 Å². The van der Waals surface area contributed by atoms with Crippen molar-refractivity contribution in [2.24, 2.45) is 7.05 Å². The van der Waals surface area contributed by atoms with E-state index in [1.54, 1.807) is 23.9 Å². The molecular formula is C12H17N3O3. The van der Waals surface area contributed by atoms with E-state index in [0.717, 1.165) is 19.4 Å². The Labute approximate surface area is 105 Å². The first-order valence-electron chi connectivity index (χ1n) is 5.90. The number of aromatic nitrogens is 1. The molecule has 1 fully saturated rings. The number of amides is 1. The van der Waals surface area contributed by atoms with Crippen LogP contribution in [0.5, 0.6) is 0 Å². The smallest absolute Gasteiger partial charge is 0.354 e. The maximum atomic E-state index is 11.9. The molecule has 98 valence electrons. The maximum Gasteiger partial charge on any atom is 0.354 e.